The van der Waals surface area contributed by atoms with E-state index in [1.54, 1.807) is 6.08 Å². The molecule has 1 aromatic carbocycles. The average Bonchev–Trinajstić information content (AvgIpc) is 2.11. The van der Waals surface area contributed by atoms with Gasteiger partial charge in [0.05, 0.1) is 0 Å². The second-order valence-electron chi connectivity index (χ2n) is 3.41. The van der Waals surface area contributed by atoms with Crippen LogP contribution < -0.4 is 0 Å². The zero-order valence-corrected chi connectivity index (χ0v) is 8.66. The zero-order chi connectivity index (χ0) is 10.7. The predicted molar refractivity (Wildman–Crippen MR) is 57.3 cm³/mol. The summed E-state index contributed by atoms with van der Waals surface area (Å²) >= 11 is 0. The van der Waals surface area contributed by atoms with E-state index in [1.165, 1.54) is 11.6 Å². The molecule has 0 amide bonds. The number of carboxylic acid groups (broad SMARTS) is 1. The highest BCUT2D eigenvalue weighted by molar-refractivity contribution is 5.86. The number of aliphatic carboxylic acids is 1. The van der Waals surface area contributed by atoms with Crippen LogP contribution in [0.25, 0.3) is 6.08 Å². The second kappa shape index (κ2) is 4.09. The van der Waals surface area contributed by atoms with Crippen molar-refractivity contribution in [3.05, 3.63) is 40.5 Å². The summed E-state index contributed by atoms with van der Waals surface area (Å²) in [6, 6.07) is 4.05. The van der Waals surface area contributed by atoms with Crippen molar-refractivity contribution in [2.45, 2.75) is 20.8 Å². The van der Waals surface area contributed by atoms with Gasteiger partial charge >= 0.3 is 5.97 Å². The molecule has 2 heteroatoms. The van der Waals surface area contributed by atoms with Crippen LogP contribution >= 0.6 is 0 Å². The first-order chi connectivity index (χ1) is 6.52. The molecule has 74 valence electrons. The SMILES string of the molecule is Cc1ccc(C)c(/C=C/C(=O)O)c1C. The van der Waals surface area contributed by atoms with E-state index in [1.807, 2.05) is 32.9 Å². The molecule has 1 aromatic rings. The third-order valence-electron chi connectivity index (χ3n) is 2.40. The van der Waals surface area contributed by atoms with Gasteiger partial charge in [-0.3, -0.25) is 0 Å². The van der Waals surface area contributed by atoms with Crippen LogP contribution in [0.3, 0.4) is 0 Å². The standard InChI is InChI=1S/C12H14O2/c1-8-4-5-9(2)11(10(8)3)6-7-12(13)14/h4-7H,1-3H3,(H,13,14)/b7-6+. The van der Waals surface area contributed by atoms with Crippen LogP contribution in [0.1, 0.15) is 22.3 Å². The molecule has 0 spiro atoms. The van der Waals surface area contributed by atoms with Crippen molar-refractivity contribution >= 4 is 12.0 Å². The molecular weight excluding hydrogens is 176 g/mol. The van der Waals surface area contributed by atoms with E-state index in [9.17, 15) is 4.79 Å². The minimum atomic E-state index is -0.912. The highest BCUT2D eigenvalue weighted by Crippen LogP contribution is 2.18. The highest BCUT2D eigenvalue weighted by Gasteiger charge is 2.01. The van der Waals surface area contributed by atoms with Crippen LogP contribution in [0.2, 0.25) is 0 Å². The Labute approximate surface area is 83.9 Å². The molecular formula is C12H14O2. The third-order valence-corrected chi connectivity index (χ3v) is 2.40. The summed E-state index contributed by atoms with van der Waals surface area (Å²) in [6.45, 7) is 6.00. The summed E-state index contributed by atoms with van der Waals surface area (Å²) in [7, 11) is 0. The van der Waals surface area contributed by atoms with E-state index < -0.39 is 5.97 Å². The van der Waals surface area contributed by atoms with Gasteiger partial charge in [0.1, 0.15) is 0 Å². The van der Waals surface area contributed by atoms with Crippen molar-refractivity contribution < 1.29 is 9.90 Å². The number of benzene rings is 1. The van der Waals surface area contributed by atoms with Gasteiger partial charge in [-0.15, -0.1) is 0 Å². The van der Waals surface area contributed by atoms with Gasteiger partial charge in [-0.1, -0.05) is 12.1 Å². The third kappa shape index (κ3) is 2.22. The van der Waals surface area contributed by atoms with Gasteiger partial charge in [-0.2, -0.15) is 0 Å². The quantitative estimate of drug-likeness (QED) is 0.728. The molecule has 0 atom stereocenters. The fraction of sp³-hybridized carbons (Fsp3) is 0.250. The molecule has 0 aromatic heterocycles. The molecule has 1 rings (SSSR count). The zero-order valence-electron chi connectivity index (χ0n) is 8.66. The Kier molecular flexibility index (Phi) is 3.07. The maximum Gasteiger partial charge on any atom is 0.328 e. The maximum atomic E-state index is 10.4. The van der Waals surface area contributed by atoms with Crippen LogP contribution in [0.5, 0.6) is 0 Å². The summed E-state index contributed by atoms with van der Waals surface area (Å²) in [5.74, 6) is -0.912. The van der Waals surface area contributed by atoms with Crippen LogP contribution in [0.4, 0.5) is 0 Å². The Morgan fingerprint density at radius 2 is 1.79 bits per heavy atom. The summed E-state index contributed by atoms with van der Waals surface area (Å²) in [6.07, 6.45) is 2.83. The minimum Gasteiger partial charge on any atom is -0.478 e. The van der Waals surface area contributed by atoms with E-state index in [2.05, 4.69) is 0 Å². The van der Waals surface area contributed by atoms with Crippen molar-refractivity contribution in [3.8, 4) is 0 Å². The Morgan fingerprint density at radius 3 is 2.36 bits per heavy atom. The van der Waals surface area contributed by atoms with Crippen LogP contribution in [0, 0.1) is 20.8 Å². The van der Waals surface area contributed by atoms with Gasteiger partial charge in [-0.05, 0) is 49.1 Å². The molecule has 1 N–H and O–H groups in total. The normalized spacial score (nSPS) is 10.8. The minimum absolute atomic E-state index is 0.912. The molecule has 0 unspecified atom stereocenters. The monoisotopic (exact) mass is 190 g/mol. The number of carbonyl (C=O) groups is 1. The van der Waals surface area contributed by atoms with Crippen molar-refractivity contribution in [3.63, 3.8) is 0 Å². The Hall–Kier alpha value is -1.57. The number of hydrogen-bond acceptors (Lipinski definition) is 1. The lowest BCUT2D eigenvalue weighted by Crippen LogP contribution is -1.92. The molecule has 2 nitrogen and oxygen atoms in total. The Balaban J connectivity index is 3.19. The lowest BCUT2D eigenvalue weighted by Gasteiger charge is -2.07. The van der Waals surface area contributed by atoms with Gasteiger partial charge in [0.25, 0.3) is 0 Å². The Morgan fingerprint density at radius 1 is 1.21 bits per heavy atom. The van der Waals surface area contributed by atoms with Gasteiger partial charge in [0, 0.05) is 6.08 Å². The highest BCUT2D eigenvalue weighted by atomic mass is 16.4. The van der Waals surface area contributed by atoms with E-state index in [0.717, 1.165) is 16.7 Å². The van der Waals surface area contributed by atoms with Gasteiger partial charge in [-0.25, -0.2) is 4.79 Å². The number of aryl methyl sites for hydroxylation is 2. The van der Waals surface area contributed by atoms with Crippen molar-refractivity contribution in [1.29, 1.82) is 0 Å². The number of carboxylic acids is 1. The molecule has 0 saturated carbocycles. The fourth-order valence-electron chi connectivity index (χ4n) is 1.38. The molecule has 14 heavy (non-hydrogen) atoms. The molecule has 0 aliphatic heterocycles. The van der Waals surface area contributed by atoms with Gasteiger partial charge < -0.3 is 5.11 Å². The van der Waals surface area contributed by atoms with Crippen molar-refractivity contribution in [2.24, 2.45) is 0 Å². The number of hydrogen-bond donors (Lipinski definition) is 1. The molecule has 0 fully saturated rings. The molecule has 0 saturated heterocycles. The summed E-state index contributed by atoms with van der Waals surface area (Å²) in [4.78, 5) is 10.4. The smallest absolute Gasteiger partial charge is 0.328 e. The first kappa shape index (κ1) is 10.5. The Bertz CT molecular complexity index is 390. The molecule has 0 aliphatic carbocycles. The topological polar surface area (TPSA) is 37.3 Å². The number of rotatable bonds is 2. The molecule has 0 heterocycles. The first-order valence-corrected chi connectivity index (χ1v) is 4.50. The van der Waals surface area contributed by atoms with E-state index in [4.69, 9.17) is 5.11 Å². The van der Waals surface area contributed by atoms with Crippen molar-refractivity contribution in [1.82, 2.24) is 0 Å². The van der Waals surface area contributed by atoms with E-state index in [0.29, 0.717) is 0 Å². The molecule has 0 radical (unpaired) electrons. The summed E-state index contributed by atoms with van der Waals surface area (Å²) in [5, 5.41) is 8.54. The maximum absolute atomic E-state index is 10.4. The first-order valence-electron chi connectivity index (χ1n) is 4.50. The lowest BCUT2D eigenvalue weighted by atomic mass is 9.98. The average molecular weight is 190 g/mol. The summed E-state index contributed by atoms with van der Waals surface area (Å²) in [5.41, 5.74) is 4.43. The predicted octanol–water partition coefficient (Wildman–Crippen LogP) is 2.71. The fourth-order valence-corrected chi connectivity index (χ4v) is 1.38. The van der Waals surface area contributed by atoms with E-state index >= 15 is 0 Å². The lowest BCUT2D eigenvalue weighted by molar-refractivity contribution is -0.131. The van der Waals surface area contributed by atoms with Crippen molar-refractivity contribution in [2.75, 3.05) is 0 Å². The van der Waals surface area contributed by atoms with Crippen LogP contribution in [0.15, 0.2) is 18.2 Å². The van der Waals surface area contributed by atoms with Crippen LogP contribution in [-0.4, -0.2) is 11.1 Å². The largest absolute Gasteiger partial charge is 0.478 e. The van der Waals surface area contributed by atoms with Gasteiger partial charge in [0.15, 0.2) is 0 Å². The summed E-state index contributed by atoms with van der Waals surface area (Å²) < 4.78 is 0. The van der Waals surface area contributed by atoms with Gasteiger partial charge in [0.2, 0.25) is 0 Å². The molecule has 0 bridgehead atoms. The van der Waals surface area contributed by atoms with E-state index in [-0.39, 0.29) is 0 Å². The second-order valence-corrected chi connectivity index (χ2v) is 3.41. The van der Waals surface area contributed by atoms with Crippen LogP contribution in [-0.2, 0) is 4.79 Å². The molecule has 0 aliphatic rings.